The molecule has 0 aromatic heterocycles. The molecule has 6 nitrogen and oxygen atoms in total. The monoisotopic (exact) mass is 271 g/mol. The minimum absolute atomic E-state index is 0.293. The van der Waals surface area contributed by atoms with Crippen molar-refractivity contribution in [1.82, 2.24) is 5.32 Å². The summed E-state index contributed by atoms with van der Waals surface area (Å²) in [6.07, 6.45) is -0.233. The molecular formula is C11H14NO5P. The lowest BCUT2D eigenvalue weighted by molar-refractivity contribution is 0.198. The second-order valence-corrected chi connectivity index (χ2v) is 6.03. The van der Waals surface area contributed by atoms with E-state index in [1.807, 2.05) is 6.07 Å². The summed E-state index contributed by atoms with van der Waals surface area (Å²) < 4.78 is 26.9. The van der Waals surface area contributed by atoms with Crippen LogP contribution in [0.1, 0.15) is 6.42 Å². The largest absolute Gasteiger partial charge is 0.413 e. The normalized spacial score (nSPS) is 26.8. The Hall–Kier alpha value is -1.36. The van der Waals surface area contributed by atoms with Crippen LogP contribution in [0, 0.1) is 0 Å². The molecule has 1 N–H and O–H groups in total. The highest BCUT2D eigenvalue weighted by Gasteiger charge is 2.41. The van der Waals surface area contributed by atoms with Crippen LogP contribution in [0.25, 0.3) is 0 Å². The molecular weight excluding hydrogens is 257 g/mol. The highest BCUT2D eigenvalue weighted by atomic mass is 31.2. The quantitative estimate of drug-likeness (QED) is 0.854. The first kappa shape index (κ1) is 13.1. The number of ether oxygens (including phenoxy) is 1. The third kappa shape index (κ3) is 2.90. The van der Waals surface area contributed by atoms with E-state index in [1.165, 1.54) is 7.11 Å². The molecule has 1 aliphatic rings. The Kier molecular flexibility index (Phi) is 4.01. The zero-order chi connectivity index (χ0) is 13.0. The summed E-state index contributed by atoms with van der Waals surface area (Å²) in [5, 5.41) is 2.49. The molecule has 7 heteroatoms. The molecule has 0 spiro atoms. The van der Waals surface area contributed by atoms with Crippen molar-refractivity contribution in [3.63, 3.8) is 0 Å². The van der Waals surface area contributed by atoms with Gasteiger partial charge in [-0.25, -0.2) is 4.79 Å². The lowest BCUT2D eigenvalue weighted by Crippen LogP contribution is -2.35. The predicted octanol–water partition coefficient (Wildman–Crippen LogP) is 2.36. The fraction of sp³-hybridized carbons (Fsp3) is 0.364. The molecule has 98 valence electrons. The van der Waals surface area contributed by atoms with Gasteiger partial charge >= 0.3 is 13.7 Å². The number of carbonyl (C=O) groups is 1. The van der Waals surface area contributed by atoms with Crippen molar-refractivity contribution in [2.75, 3.05) is 13.7 Å². The molecule has 18 heavy (non-hydrogen) atoms. The maximum absolute atomic E-state index is 12.0. The maximum Gasteiger partial charge on any atom is 0.413 e. The Bertz CT molecular complexity index is 464. The van der Waals surface area contributed by atoms with E-state index in [1.54, 1.807) is 24.3 Å². The van der Waals surface area contributed by atoms with Crippen molar-refractivity contribution in [3.05, 3.63) is 30.3 Å². The van der Waals surface area contributed by atoms with Crippen LogP contribution >= 0.6 is 7.60 Å². The van der Waals surface area contributed by atoms with Crippen molar-refractivity contribution in [1.29, 1.82) is 0 Å². The maximum atomic E-state index is 12.0. The standard InChI is InChI=1S/C11H14NO5P/c1-15-18(14)10(7-8-16-18)12-11(13)17-9-5-3-2-4-6-9/h2-6,10H,7-8H2,1H3,(H,12,13)/t10-,18+/m0/s1. The molecule has 0 radical (unpaired) electrons. The number of rotatable bonds is 3. The first-order chi connectivity index (χ1) is 8.64. The second kappa shape index (κ2) is 5.52. The van der Waals surface area contributed by atoms with Gasteiger partial charge in [0, 0.05) is 13.5 Å². The Morgan fingerprint density at radius 3 is 2.83 bits per heavy atom. The lowest BCUT2D eigenvalue weighted by atomic mass is 10.3. The van der Waals surface area contributed by atoms with Gasteiger partial charge in [0.15, 0.2) is 0 Å². The summed E-state index contributed by atoms with van der Waals surface area (Å²) in [5.74, 6) is -0.236. The van der Waals surface area contributed by atoms with Crippen LogP contribution in [0.3, 0.4) is 0 Å². The van der Waals surface area contributed by atoms with Crippen LogP contribution in [-0.2, 0) is 13.6 Å². The lowest BCUT2D eigenvalue weighted by Gasteiger charge is -2.17. The molecule has 1 saturated heterocycles. The van der Waals surface area contributed by atoms with Crippen LogP contribution in [0.15, 0.2) is 30.3 Å². The van der Waals surface area contributed by atoms with Crippen LogP contribution in [0.5, 0.6) is 5.75 Å². The van der Waals surface area contributed by atoms with Gasteiger partial charge in [0.05, 0.1) is 6.61 Å². The summed E-state index contributed by atoms with van der Waals surface area (Å²) in [7, 11) is -1.94. The van der Waals surface area contributed by atoms with Crippen molar-refractivity contribution < 1.29 is 23.1 Å². The van der Waals surface area contributed by atoms with Gasteiger partial charge in [-0.05, 0) is 12.1 Å². The molecule has 0 bridgehead atoms. The molecule has 2 rings (SSSR count). The summed E-state index contributed by atoms with van der Waals surface area (Å²) >= 11 is 0. The van der Waals surface area contributed by atoms with E-state index in [0.717, 1.165) is 0 Å². The van der Waals surface area contributed by atoms with Gasteiger partial charge in [-0.2, -0.15) is 0 Å². The van der Waals surface area contributed by atoms with Crippen LogP contribution in [-0.4, -0.2) is 25.6 Å². The first-order valence-electron chi connectivity index (χ1n) is 5.47. The zero-order valence-corrected chi connectivity index (χ0v) is 10.8. The van der Waals surface area contributed by atoms with Crippen LogP contribution in [0.2, 0.25) is 0 Å². The molecule has 0 aliphatic carbocycles. The van der Waals surface area contributed by atoms with Gasteiger partial charge in [-0.3, -0.25) is 4.57 Å². The minimum Gasteiger partial charge on any atom is -0.410 e. The molecule has 2 atom stereocenters. The predicted molar refractivity (Wildman–Crippen MR) is 64.6 cm³/mol. The number of hydrogen-bond acceptors (Lipinski definition) is 5. The van der Waals surface area contributed by atoms with Crippen LogP contribution in [0.4, 0.5) is 4.79 Å². The van der Waals surface area contributed by atoms with Gasteiger partial charge in [0.2, 0.25) is 0 Å². The number of benzene rings is 1. The number of para-hydroxylation sites is 1. The smallest absolute Gasteiger partial charge is 0.410 e. The second-order valence-electron chi connectivity index (χ2n) is 3.71. The van der Waals surface area contributed by atoms with Crippen molar-refractivity contribution in [2.45, 2.75) is 12.2 Å². The van der Waals surface area contributed by atoms with E-state index in [-0.39, 0.29) is 0 Å². The highest BCUT2D eigenvalue weighted by Crippen LogP contribution is 2.56. The third-order valence-corrected chi connectivity index (χ3v) is 4.74. The van der Waals surface area contributed by atoms with Gasteiger partial charge in [-0.1, -0.05) is 18.2 Å². The van der Waals surface area contributed by atoms with E-state index in [9.17, 15) is 9.36 Å². The van der Waals surface area contributed by atoms with E-state index in [0.29, 0.717) is 18.8 Å². The molecule has 1 aromatic rings. The highest BCUT2D eigenvalue weighted by molar-refractivity contribution is 7.54. The molecule has 1 amide bonds. The zero-order valence-electron chi connectivity index (χ0n) is 9.87. The fourth-order valence-corrected chi connectivity index (χ4v) is 3.22. The summed E-state index contributed by atoms with van der Waals surface area (Å²) in [6.45, 7) is 0.293. The van der Waals surface area contributed by atoms with Crippen molar-refractivity contribution >= 4 is 13.7 Å². The number of carbonyl (C=O) groups excluding carboxylic acids is 1. The van der Waals surface area contributed by atoms with Gasteiger partial charge in [0.25, 0.3) is 0 Å². The molecule has 1 fully saturated rings. The molecule has 1 heterocycles. The average Bonchev–Trinajstić information content (AvgIpc) is 2.73. The van der Waals surface area contributed by atoms with Gasteiger partial charge in [0.1, 0.15) is 11.5 Å². The average molecular weight is 271 g/mol. The van der Waals surface area contributed by atoms with Gasteiger partial charge < -0.3 is 19.1 Å². The number of hydrogen-bond donors (Lipinski definition) is 1. The van der Waals surface area contributed by atoms with Crippen molar-refractivity contribution in [2.24, 2.45) is 0 Å². The minimum atomic E-state index is -3.23. The summed E-state index contributed by atoms with van der Waals surface area (Å²) in [4.78, 5) is 11.6. The van der Waals surface area contributed by atoms with E-state index < -0.39 is 19.5 Å². The van der Waals surface area contributed by atoms with Crippen LogP contribution < -0.4 is 10.1 Å². The molecule has 1 aliphatic heterocycles. The van der Waals surface area contributed by atoms with E-state index in [2.05, 4.69) is 5.32 Å². The Morgan fingerprint density at radius 2 is 2.17 bits per heavy atom. The fourth-order valence-electron chi connectivity index (χ4n) is 1.63. The van der Waals surface area contributed by atoms with Crippen molar-refractivity contribution in [3.8, 4) is 5.75 Å². The number of amides is 1. The third-order valence-electron chi connectivity index (χ3n) is 2.54. The molecule has 0 saturated carbocycles. The summed E-state index contributed by atoms with van der Waals surface area (Å²) in [6, 6.07) is 8.62. The molecule has 0 unspecified atom stereocenters. The van der Waals surface area contributed by atoms with Gasteiger partial charge in [-0.15, -0.1) is 0 Å². The van der Waals surface area contributed by atoms with E-state index in [4.69, 9.17) is 13.8 Å². The Labute approximate surface area is 105 Å². The SMILES string of the molecule is CO[P@@]1(=O)OCC[C@H]1NC(=O)Oc1ccccc1. The molecule has 1 aromatic carbocycles. The first-order valence-corrected chi connectivity index (χ1v) is 7.08. The Morgan fingerprint density at radius 1 is 1.44 bits per heavy atom. The Balaban J connectivity index is 1.94. The number of nitrogens with one attached hydrogen (secondary N) is 1. The topological polar surface area (TPSA) is 73.9 Å². The summed E-state index contributed by atoms with van der Waals surface area (Å²) in [5.41, 5.74) is 0. The van der Waals surface area contributed by atoms with E-state index >= 15 is 0 Å².